The van der Waals surface area contributed by atoms with E-state index >= 15 is 0 Å². The third kappa shape index (κ3) is 4.60. The van der Waals surface area contributed by atoms with E-state index in [1.165, 1.54) is 0 Å². The molecule has 0 unspecified atom stereocenters. The highest BCUT2D eigenvalue weighted by atomic mass is 16.5. The van der Waals surface area contributed by atoms with Crippen molar-refractivity contribution >= 4 is 17.5 Å². The summed E-state index contributed by atoms with van der Waals surface area (Å²) in [6.45, 7) is 6.37. The molecule has 2 heterocycles. The van der Waals surface area contributed by atoms with Crippen LogP contribution in [0.25, 0.3) is 11.3 Å². The number of anilines is 1. The van der Waals surface area contributed by atoms with Gasteiger partial charge in [-0.25, -0.2) is 0 Å². The largest absolute Gasteiger partial charge is 0.497 e. The SMILES string of the molecule is COc1ccc(-c2cc3n(n2)C[C@@](C)(C(=O)NCc2ccccc2)N(c2cc(C)cc(C)c2)C3=O)cc1. The molecule has 0 saturated carbocycles. The Bertz CT molecular complexity index is 1440. The van der Waals surface area contributed by atoms with Crippen molar-refractivity contribution in [1.82, 2.24) is 15.1 Å². The van der Waals surface area contributed by atoms with Gasteiger partial charge in [-0.3, -0.25) is 19.2 Å². The minimum Gasteiger partial charge on any atom is -0.497 e. The summed E-state index contributed by atoms with van der Waals surface area (Å²) in [6.07, 6.45) is 0. The van der Waals surface area contributed by atoms with Gasteiger partial charge in [-0.2, -0.15) is 5.10 Å². The van der Waals surface area contributed by atoms with Crippen molar-refractivity contribution < 1.29 is 14.3 Å². The van der Waals surface area contributed by atoms with Crippen molar-refractivity contribution in [3.8, 4) is 17.0 Å². The predicted octanol–water partition coefficient (Wildman–Crippen LogP) is 4.91. The van der Waals surface area contributed by atoms with Crippen LogP contribution in [0.4, 0.5) is 5.69 Å². The number of hydrogen-bond donors (Lipinski definition) is 1. The fourth-order valence-corrected chi connectivity index (χ4v) is 4.94. The maximum Gasteiger partial charge on any atom is 0.277 e. The summed E-state index contributed by atoms with van der Waals surface area (Å²) in [5, 5.41) is 7.79. The summed E-state index contributed by atoms with van der Waals surface area (Å²) in [4.78, 5) is 29.5. The highest BCUT2D eigenvalue weighted by Crippen LogP contribution is 2.35. The van der Waals surface area contributed by atoms with Gasteiger partial charge >= 0.3 is 0 Å². The molecule has 1 aromatic heterocycles. The number of carbonyl (C=O) groups excluding carboxylic acids is 2. The molecule has 1 aliphatic rings. The minimum absolute atomic E-state index is 0.220. The van der Waals surface area contributed by atoms with Gasteiger partial charge in [0.1, 0.15) is 17.0 Å². The highest BCUT2D eigenvalue weighted by Gasteiger charge is 2.49. The standard InChI is InChI=1S/C30H30N4O3/c1-20-14-21(2)16-24(15-20)34-28(35)27-17-26(23-10-12-25(37-4)13-11-23)32-33(27)19-30(34,3)29(36)31-18-22-8-6-5-7-9-22/h5-17H,18-19H2,1-4H3,(H,31,36)/t30-/m0/s1. The number of ether oxygens (including phenoxy) is 1. The smallest absolute Gasteiger partial charge is 0.277 e. The van der Waals surface area contributed by atoms with E-state index in [-0.39, 0.29) is 18.4 Å². The molecule has 7 heteroatoms. The number of benzene rings is 3. The van der Waals surface area contributed by atoms with E-state index in [1.807, 2.05) is 80.6 Å². The number of aromatic nitrogens is 2. The van der Waals surface area contributed by atoms with E-state index in [0.717, 1.165) is 28.0 Å². The normalized spacial score (nSPS) is 16.9. The first-order valence-electron chi connectivity index (χ1n) is 12.3. The van der Waals surface area contributed by atoms with Gasteiger partial charge in [0.2, 0.25) is 5.91 Å². The summed E-state index contributed by atoms with van der Waals surface area (Å²) in [5.74, 6) is 0.240. The second-order valence-electron chi connectivity index (χ2n) is 9.73. The lowest BCUT2D eigenvalue weighted by Crippen LogP contribution is -2.64. The predicted molar refractivity (Wildman–Crippen MR) is 144 cm³/mol. The van der Waals surface area contributed by atoms with Crippen LogP contribution in [0, 0.1) is 13.8 Å². The quantitative estimate of drug-likeness (QED) is 0.413. The van der Waals surface area contributed by atoms with Crippen LogP contribution in [-0.2, 0) is 17.9 Å². The third-order valence-electron chi connectivity index (χ3n) is 6.79. The summed E-state index contributed by atoms with van der Waals surface area (Å²) in [7, 11) is 1.62. The number of methoxy groups -OCH3 is 1. The van der Waals surface area contributed by atoms with Crippen molar-refractivity contribution in [2.45, 2.75) is 39.4 Å². The van der Waals surface area contributed by atoms with Crippen molar-refractivity contribution in [1.29, 1.82) is 0 Å². The van der Waals surface area contributed by atoms with Crippen molar-refractivity contribution in [2.24, 2.45) is 0 Å². The second-order valence-corrected chi connectivity index (χ2v) is 9.73. The van der Waals surface area contributed by atoms with Crippen molar-refractivity contribution in [3.63, 3.8) is 0 Å². The molecule has 0 radical (unpaired) electrons. The number of nitrogens with zero attached hydrogens (tertiary/aromatic N) is 3. The lowest BCUT2D eigenvalue weighted by atomic mass is 9.93. The summed E-state index contributed by atoms with van der Waals surface area (Å²) >= 11 is 0. The van der Waals surface area contributed by atoms with E-state index in [9.17, 15) is 9.59 Å². The van der Waals surface area contributed by atoms with Crippen LogP contribution < -0.4 is 15.0 Å². The molecule has 0 spiro atoms. The zero-order valence-electron chi connectivity index (χ0n) is 21.5. The number of aryl methyl sites for hydroxylation is 2. The third-order valence-corrected chi connectivity index (χ3v) is 6.79. The van der Waals surface area contributed by atoms with E-state index < -0.39 is 5.54 Å². The Balaban J connectivity index is 1.55. The maximum atomic E-state index is 14.0. The Kier molecular flexibility index (Phi) is 6.29. The molecule has 1 atom stereocenters. The Morgan fingerprint density at radius 3 is 2.32 bits per heavy atom. The van der Waals surface area contributed by atoms with Crippen LogP contribution in [0.15, 0.2) is 78.9 Å². The molecular formula is C30H30N4O3. The van der Waals surface area contributed by atoms with Crippen LogP contribution in [0.1, 0.15) is 34.1 Å². The number of fused-ring (bicyclic) bond motifs is 1. The molecule has 0 aliphatic carbocycles. The first kappa shape index (κ1) is 24.3. The van der Waals surface area contributed by atoms with Gasteiger partial charge in [-0.1, -0.05) is 36.4 Å². The molecule has 7 nitrogen and oxygen atoms in total. The van der Waals surface area contributed by atoms with Crippen molar-refractivity contribution in [2.75, 3.05) is 12.0 Å². The van der Waals surface area contributed by atoms with Gasteiger partial charge in [0.05, 0.1) is 19.3 Å². The molecule has 2 amide bonds. The average Bonchev–Trinajstić information content (AvgIpc) is 3.31. The summed E-state index contributed by atoms with van der Waals surface area (Å²) in [6, 6.07) is 25.0. The molecule has 0 saturated heterocycles. The number of rotatable bonds is 6. The Labute approximate surface area is 216 Å². The molecule has 1 aliphatic heterocycles. The van der Waals surface area contributed by atoms with Crippen LogP contribution in [0.5, 0.6) is 5.75 Å². The minimum atomic E-state index is -1.19. The molecule has 0 fully saturated rings. The number of nitrogens with one attached hydrogen (secondary N) is 1. The Hall–Kier alpha value is -4.39. The van der Waals surface area contributed by atoms with Gasteiger partial charge in [-0.15, -0.1) is 0 Å². The van der Waals surface area contributed by atoms with E-state index in [1.54, 1.807) is 29.7 Å². The molecule has 37 heavy (non-hydrogen) atoms. The zero-order valence-corrected chi connectivity index (χ0v) is 21.5. The van der Waals surface area contributed by atoms with E-state index in [0.29, 0.717) is 23.6 Å². The van der Waals surface area contributed by atoms with Crippen LogP contribution >= 0.6 is 0 Å². The highest BCUT2D eigenvalue weighted by molar-refractivity contribution is 6.12. The van der Waals surface area contributed by atoms with Gasteiger partial charge in [-0.05, 0) is 79.9 Å². The molecule has 5 rings (SSSR count). The van der Waals surface area contributed by atoms with Crippen LogP contribution in [0.2, 0.25) is 0 Å². The molecule has 188 valence electrons. The first-order chi connectivity index (χ1) is 17.8. The number of amides is 2. The van der Waals surface area contributed by atoms with Gasteiger partial charge in [0, 0.05) is 17.8 Å². The average molecular weight is 495 g/mol. The molecule has 0 bridgehead atoms. The first-order valence-corrected chi connectivity index (χ1v) is 12.3. The fraction of sp³-hybridized carbons (Fsp3) is 0.233. The van der Waals surface area contributed by atoms with Crippen LogP contribution in [-0.4, -0.2) is 34.2 Å². The topological polar surface area (TPSA) is 76.5 Å². The molecular weight excluding hydrogens is 464 g/mol. The van der Waals surface area contributed by atoms with Crippen LogP contribution in [0.3, 0.4) is 0 Å². The molecule has 1 N–H and O–H groups in total. The summed E-state index contributed by atoms with van der Waals surface area (Å²) in [5.41, 5.74) is 4.50. The van der Waals surface area contributed by atoms with Gasteiger partial charge in [0.15, 0.2) is 0 Å². The monoisotopic (exact) mass is 494 g/mol. The maximum absolute atomic E-state index is 14.0. The van der Waals surface area contributed by atoms with E-state index in [2.05, 4.69) is 11.4 Å². The lowest BCUT2D eigenvalue weighted by molar-refractivity contribution is -0.126. The Morgan fingerprint density at radius 1 is 1.00 bits per heavy atom. The molecule has 4 aromatic rings. The zero-order chi connectivity index (χ0) is 26.2. The molecule has 3 aromatic carbocycles. The lowest BCUT2D eigenvalue weighted by Gasteiger charge is -2.43. The van der Waals surface area contributed by atoms with Crippen molar-refractivity contribution in [3.05, 3.63) is 101 Å². The summed E-state index contributed by atoms with van der Waals surface area (Å²) < 4.78 is 6.92. The van der Waals surface area contributed by atoms with E-state index in [4.69, 9.17) is 9.84 Å². The number of carbonyl (C=O) groups is 2. The van der Waals surface area contributed by atoms with Gasteiger partial charge < -0.3 is 10.1 Å². The fourth-order valence-electron chi connectivity index (χ4n) is 4.94. The number of hydrogen-bond acceptors (Lipinski definition) is 4. The van der Waals surface area contributed by atoms with Gasteiger partial charge in [0.25, 0.3) is 5.91 Å². The Morgan fingerprint density at radius 2 is 1.68 bits per heavy atom. The second kappa shape index (κ2) is 9.58.